The number of carbonyl (C=O) groups excluding carboxylic acids is 1. The van der Waals surface area contributed by atoms with Crippen LogP contribution in [0.25, 0.3) is 0 Å². The summed E-state index contributed by atoms with van der Waals surface area (Å²) in [6.07, 6.45) is 1.05. The molecular weight excluding hydrogens is 322 g/mol. The van der Waals surface area contributed by atoms with E-state index in [0.717, 1.165) is 0 Å². The molecule has 0 aliphatic carbocycles. The van der Waals surface area contributed by atoms with Crippen molar-refractivity contribution < 1.29 is 19.4 Å². The highest BCUT2D eigenvalue weighted by Gasteiger charge is 2.50. The largest absolute Gasteiger partial charge is 0.481 e. The number of rotatable bonds is 2. The first-order valence-corrected chi connectivity index (χ1v) is 7.56. The van der Waals surface area contributed by atoms with Crippen LogP contribution in [0.3, 0.4) is 0 Å². The second-order valence-electron chi connectivity index (χ2n) is 6.59. The summed E-state index contributed by atoms with van der Waals surface area (Å²) in [7, 11) is 0. The number of aliphatic carboxylic acids is 1. The van der Waals surface area contributed by atoms with E-state index in [0.29, 0.717) is 0 Å². The highest BCUT2D eigenvalue weighted by molar-refractivity contribution is 6.32. The summed E-state index contributed by atoms with van der Waals surface area (Å²) < 4.78 is 5.31. The third-order valence-electron chi connectivity index (χ3n) is 3.74. The van der Waals surface area contributed by atoms with E-state index in [1.165, 1.54) is 17.2 Å². The molecule has 0 radical (unpaired) electrons. The predicted octanol–water partition coefficient (Wildman–Crippen LogP) is 2.28. The van der Waals surface area contributed by atoms with Crippen LogP contribution in [0.1, 0.15) is 32.8 Å². The molecule has 3 N–H and O–H groups in total. The van der Waals surface area contributed by atoms with Gasteiger partial charge in [-0.2, -0.15) is 0 Å². The van der Waals surface area contributed by atoms with E-state index in [4.69, 9.17) is 22.1 Å². The molecule has 1 aromatic rings. The molecule has 1 aromatic heterocycles. The van der Waals surface area contributed by atoms with Gasteiger partial charge in [0.15, 0.2) is 0 Å². The van der Waals surface area contributed by atoms with Gasteiger partial charge in [-0.25, -0.2) is 9.78 Å². The molecule has 1 saturated heterocycles. The Hall–Kier alpha value is -2.02. The SMILES string of the molecule is CC(C)(C)OC(=O)N1CCC(C(=O)O)(c2c(Cl)ccnc2N)C1. The molecule has 7 nitrogen and oxygen atoms in total. The van der Waals surface area contributed by atoms with Gasteiger partial charge in [0, 0.05) is 24.8 Å². The molecule has 0 spiro atoms. The number of carbonyl (C=O) groups is 2. The van der Waals surface area contributed by atoms with Crippen molar-refractivity contribution in [2.24, 2.45) is 0 Å². The molecule has 1 aliphatic rings. The van der Waals surface area contributed by atoms with Crippen LogP contribution < -0.4 is 5.73 Å². The molecule has 0 saturated carbocycles. The number of carboxylic acids is 1. The number of aromatic nitrogens is 1. The van der Waals surface area contributed by atoms with E-state index in [2.05, 4.69) is 4.98 Å². The quantitative estimate of drug-likeness (QED) is 0.854. The van der Waals surface area contributed by atoms with Gasteiger partial charge >= 0.3 is 12.1 Å². The number of pyridine rings is 1. The molecule has 0 aromatic carbocycles. The lowest BCUT2D eigenvalue weighted by molar-refractivity contribution is -0.143. The van der Waals surface area contributed by atoms with Crippen molar-refractivity contribution in [3.63, 3.8) is 0 Å². The summed E-state index contributed by atoms with van der Waals surface area (Å²) in [5.74, 6) is -1.03. The summed E-state index contributed by atoms with van der Waals surface area (Å²) in [6.45, 7) is 5.43. The maximum absolute atomic E-state index is 12.2. The number of halogens is 1. The number of hydrogen-bond donors (Lipinski definition) is 2. The number of amides is 1. The van der Waals surface area contributed by atoms with Crippen LogP contribution in [0.15, 0.2) is 12.3 Å². The third-order valence-corrected chi connectivity index (χ3v) is 4.05. The molecule has 23 heavy (non-hydrogen) atoms. The van der Waals surface area contributed by atoms with E-state index < -0.39 is 23.1 Å². The summed E-state index contributed by atoms with van der Waals surface area (Å²) in [5, 5.41) is 10.0. The van der Waals surface area contributed by atoms with E-state index in [9.17, 15) is 14.7 Å². The number of nitrogens with two attached hydrogens (primary N) is 1. The Balaban J connectivity index is 2.36. The van der Waals surface area contributed by atoms with Gasteiger partial charge in [0.25, 0.3) is 0 Å². The summed E-state index contributed by atoms with van der Waals surface area (Å²) in [4.78, 5) is 29.5. The molecule has 0 bridgehead atoms. The zero-order valence-electron chi connectivity index (χ0n) is 13.3. The number of ether oxygens (including phenoxy) is 1. The van der Waals surface area contributed by atoms with E-state index in [1.54, 1.807) is 20.8 Å². The fourth-order valence-corrected chi connectivity index (χ4v) is 3.04. The minimum Gasteiger partial charge on any atom is -0.481 e. The minimum absolute atomic E-state index is 0.0611. The number of nitrogen functional groups attached to an aromatic ring is 1. The van der Waals surface area contributed by atoms with Crippen molar-refractivity contribution in [2.75, 3.05) is 18.8 Å². The summed E-state index contributed by atoms with van der Waals surface area (Å²) in [5.41, 5.74) is 4.07. The number of carboxylic acid groups (broad SMARTS) is 1. The lowest BCUT2D eigenvalue weighted by atomic mass is 9.80. The van der Waals surface area contributed by atoms with Crippen LogP contribution in [-0.4, -0.2) is 45.7 Å². The molecule has 1 amide bonds. The summed E-state index contributed by atoms with van der Waals surface area (Å²) >= 11 is 6.16. The Morgan fingerprint density at radius 3 is 2.65 bits per heavy atom. The minimum atomic E-state index is -1.38. The van der Waals surface area contributed by atoms with Crippen molar-refractivity contribution in [1.82, 2.24) is 9.88 Å². The van der Waals surface area contributed by atoms with E-state index in [1.807, 2.05) is 0 Å². The Morgan fingerprint density at radius 1 is 1.48 bits per heavy atom. The van der Waals surface area contributed by atoms with Gasteiger partial charge in [0.05, 0.1) is 5.02 Å². The Kier molecular flexibility index (Phi) is 4.43. The van der Waals surface area contributed by atoms with Crippen LogP contribution in [-0.2, 0) is 14.9 Å². The third kappa shape index (κ3) is 3.34. The normalized spacial score (nSPS) is 21.3. The van der Waals surface area contributed by atoms with E-state index in [-0.39, 0.29) is 35.9 Å². The van der Waals surface area contributed by atoms with Gasteiger partial charge in [-0.15, -0.1) is 0 Å². The molecule has 1 unspecified atom stereocenters. The van der Waals surface area contributed by atoms with Crippen LogP contribution in [0, 0.1) is 0 Å². The lowest BCUT2D eigenvalue weighted by Crippen LogP contribution is -2.42. The van der Waals surface area contributed by atoms with Gasteiger partial charge in [0.1, 0.15) is 16.8 Å². The highest BCUT2D eigenvalue weighted by Crippen LogP contribution is 2.41. The van der Waals surface area contributed by atoms with Gasteiger partial charge in [0.2, 0.25) is 0 Å². The van der Waals surface area contributed by atoms with Gasteiger partial charge < -0.3 is 20.5 Å². The topological polar surface area (TPSA) is 106 Å². The van der Waals surface area contributed by atoms with Crippen molar-refractivity contribution in [2.45, 2.75) is 38.2 Å². The first kappa shape index (κ1) is 17.3. The maximum atomic E-state index is 12.2. The zero-order valence-corrected chi connectivity index (χ0v) is 14.1. The molecule has 126 valence electrons. The average Bonchev–Trinajstić information content (AvgIpc) is 2.83. The molecular formula is C15H20ClN3O4. The number of hydrogen-bond acceptors (Lipinski definition) is 5. The van der Waals surface area contributed by atoms with Crippen LogP contribution in [0.4, 0.5) is 10.6 Å². The second kappa shape index (κ2) is 5.88. The number of likely N-dealkylation sites (tertiary alicyclic amines) is 1. The second-order valence-corrected chi connectivity index (χ2v) is 7.00. The van der Waals surface area contributed by atoms with E-state index >= 15 is 0 Å². The lowest BCUT2D eigenvalue weighted by Gasteiger charge is -2.28. The van der Waals surface area contributed by atoms with Crippen molar-refractivity contribution >= 4 is 29.5 Å². The first-order valence-electron chi connectivity index (χ1n) is 7.18. The van der Waals surface area contributed by atoms with Gasteiger partial charge in [-0.3, -0.25) is 4.79 Å². The molecule has 1 aliphatic heterocycles. The zero-order chi connectivity index (χ0) is 17.4. The smallest absolute Gasteiger partial charge is 0.410 e. The Morgan fingerprint density at radius 2 is 2.13 bits per heavy atom. The number of anilines is 1. The highest BCUT2D eigenvalue weighted by atomic mass is 35.5. The molecule has 1 fully saturated rings. The van der Waals surface area contributed by atoms with Crippen molar-refractivity contribution in [3.05, 3.63) is 22.8 Å². The maximum Gasteiger partial charge on any atom is 0.410 e. The van der Waals surface area contributed by atoms with Crippen molar-refractivity contribution in [3.8, 4) is 0 Å². The molecule has 2 rings (SSSR count). The number of nitrogens with zero attached hydrogens (tertiary/aromatic N) is 2. The molecule has 8 heteroatoms. The van der Waals surface area contributed by atoms with Crippen LogP contribution in [0.5, 0.6) is 0 Å². The van der Waals surface area contributed by atoms with Gasteiger partial charge in [-0.1, -0.05) is 11.6 Å². The van der Waals surface area contributed by atoms with Crippen LogP contribution in [0.2, 0.25) is 5.02 Å². The fraction of sp³-hybridized carbons (Fsp3) is 0.533. The standard InChI is InChI=1S/C15H20ClN3O4/c1-14(2,3)23-13(22)19-7-5-15(8-19,12(20)21)10-9(16)4-6-18-11(10)17/h4,6H,5,7-8H2,1-3H3,(H2,17,18)(H,20,21). The molecule has 2 heterocycles. The predicted molar refractivity (Wildman–Crippen MR) is 85.4 cm³/mol. The fourth-order valence-electron chi connectivity index (χ4n) is 2.70. The van der Waals surface area contributed by atoms with Gasteiger partial charge in [-0.05, 0) is 33.3 Å². The van der Waals surface area contributed by atoms with Crippen LogP contribution >= 0.6 is 11.6 Å². The Labute approximate surface area is 139 Å². The Bertz CT molecular complexity index is 624. The summed E-state index contributed by atoms with van der Waals surface area (Å²) in [6, 6.07) is 1.49. The first-order chi connectivity index (χ1) is 10.6. The molecule has 1 atom stereocenters. The average molecular weight is 342 g/mol. The van der Waals surface area contributed by atoms with Crippen molar-refractivity contribution in [1.29, 1.82) is 0 Å². The monoisotopic (exact) mass is 341 g/mol.